The van der Waals surface area contributed by atoms with Crippen molar-refractivity contribution >= 4 is 15.7 Å². The molecule has 0 unspecified atom stereocenters. The van der Waals surface area contributed by atoms with Crippen molar-refractivity contribution in [1.82, 2.24) is 5.32 Å². The first kappa shape index (κ1) is 18.0. The number of methoxy groups -OCH3 is 1. The van der Waals surface area contributed by atoms with Gasteiger partial charge in [0, 0.05) is 12.8 Å². The Morgan fingerprint density at radius 1 is 1.17 bits per heavy atom. The van der Waals surface area contributed by atoms with E-state index in [-0.39, 0.29) is 10.5 Å². The van der Waals surface area contributed by atoms with Crippen LogP contribution in [0.15, 0.2) is 47.4 Å². The summed E-state index contributed by atoms with van der Waals surface area (Å²) in [5, 5.41) is 2.77. The number of rotatable bonds is 6. The fourth-order valence-electron chi connectivity index (χ4n) is 2.49. The average molecular weight is 347 g/mol. The quantitative estimate of drug-likeness (QED) is 0.871. The van der Waals surface area contributed by atoms with Crippen molar-refractivity contribution in [3.63, 3.8) is 0 Å². The molecule has 24 heavy (non-hydrogen) atoms. The number of amides is 1. The van der Waals surface area contributed by atoms with Crippen molar-refractivity contribution in [2.45, 2.75) is 18.2 Å². The van der Waals surface area contributed by atoms with Gasteiger partial charge in [0.2, 0.25) is 0 Å². The molecule has 0 spiro atoms. The highest BCUT2D eigenvalue weighted by molar-refractivity contribution is 7.90. The summed E-state index contributed by atoms with van der Waals surface area (Å²) in [4.78, 5) is 12.4. The number of hydrogen-bond donors (Lipinski definition) is 1. The predicted molar refractivity (Wildman–Crippen MR) is 93.3 cm³/mol. The van der Waals surface area contributed by atoms with Gasteiger partial charge in [0.1, 0.15) is 5.75 Å². The zero-order chi connectivity index (χ0) is 17.7. The van der Waals surface area contributed by atoms with E-state index in [0.29, 0.717) is 13.0 Å². The molecule has 5 nitrogen and oxygen atoms in total. The van der Waals surface area contributed by atoms with Crippen LogP contribution in [0, 0.1) is 6.92 Å². The Kier molecular flexibility index (Phi) is 5.62. The van der Waals surface area contributed by atoms with Gasteiger partial charge in [-0.3, -0.25) is 4.79 Å². The smallest absolute Gasteiger partial charge is 0.252 e. The predicted octanol–water partition coefficient (Wildman–Crippen LogP) is 2.38. The zero-order valence-corrected chi connectivity index (χ0v) is 14.8. The third-order valence-corrected chi connectivity index (χ3v) is 4.80. The summed E-state index contributed by atoms with van der Waals surface area (Å²) >= 11 is 0. The molecule has 0 aromatic heterocycles. The van der Waals surface area contributed by atoms with E-state index in [1.165, 1.54) is 12.1 Å². The summed E-state index contributed by atoms with van der Waals surface area (Å²) in [5.41, 5.74) is 2.27. The number of benzene rings is 2. The molecule has 0 heterocycles. The molecule has 1 amide bonds. The van der Waals surface area contributed by atoms with E-state index in [4.69, 9.17) is 4.74 Å². The maximum atomic E-state index is 12.3. The zero-order valence-electron chi connectivity index (χ0n) is 14.0. The van der Waals surface area contributed by atoms with Gasteiger partial charge < -0.3 is 10.1 Å². The Bertz CT molecular complexity index is 844. The van der Waals surface area contributed by atoms with Crippen LogP contribution >= 0.6 is 0 Å². The summed E-state index contributed by atoms with van der Waals surface area (Å²) in [6, 6.07) is 12.1. The summed E-state index contributed by atoms with van der Waals surface area (Å²) in [6.45, 7) is 2.38. The highest BCUT2D eigenvalue weighted by atomic mass is 32.2. The van der Waals surface area contributed by atoms with Crippen molar-refractivity contribution < 1.29 is 17.9 Å². The molecule has 0 aliphatic carbocycles. The molecule has 0 radical (unpaired) electrons. The van der Waals surface area contributed by atoms with Crippen molar-refractivity contribution in [1.29, 1.82) is 0 Å². The van der Waals surface area contributed by atoms with Crippen LogP contribution in [0.5, 0.6) is 5.75 Å². The van der Waals surface area contributed by atoms with E-state index in [9.17, 15) is 13.2 Å². The maximum absolute atomic E-state index is 12.3. The monoisotopic (exact) mass is 347 g/mol. The highest BCUT2D eigenvalue weighted by Crippen LogP contribution is 2.20. The van der Waals surface area contributed by atoms with Crippen LogP contribution in [0.1, 0.15) is 21.5 Å². The first-order chi connectivity index (χ1) is 11.3. The van der Waals surface area contributed by atoms with Crippen LogP contribution in [0.4, 0.5) is 0 Å². The van der Waals surface area contributed by atoms with Crippen molar-refractivity contribution in [3.8, 4) is 5.75 Å². The highest BCUT2D eigenvalue weighted by Gasteiger charge is 2.17. The lowest BCUT2D eigenvalue weighted by atomic mass is 10.1. The van der Waals surface area contributed by atoms with E-state index < -0.39 is 15.7 Å². The van der Waals surface area contributed by atoms with E-state index in [1.54, 1.807) is 19.2 Å². The Morgan fingerprint density at radius 3 is 2.54 bits per heavy atom. The van der Waals surface area contributed by atoms with E-state index in [2.05, 4.69) is 5.32 Å². The Labute approximate surface area is 142 Å². The summed E-state index contributed by atoms with van der Waals surface area (Å²) < 4.78 is 28.9. The standard InChI is InChI=1S/C18H21NO4S/c1-13-8-9-16(23-2)14(12-13)10-11-19-18(20)15-6-4-5-7-17(15)24(3,21)22/h4-9,12H,10-11H2,1-3H3,(H,19,20). The molecule has 0 atom stereocenters. The van der Waals surface area contributed by atoms with Crippen molar-refractivity contribution in [2.75, 3.05) is 19.9 Å². The van der Waals surface area contributed by atoms with Gasteiger partial charge in [-0.05, 0) is 37.1 Å². The van der Waals surface area contributed by atoms with Gasteiger partial charge >= 0.3 is 0 Å². The number of nitrogens with one attached hydrogen (secondary N) is 1. The molecule has 2 aromatic carbocycles. The van der Waals surface area contributed by atoms with Crippen LogP contribution < -0.4 is 10.1 Å². The lowest BCUT2D eigenvalue weighted by molar-refractivity contribution is 0.0950. The number of sulfone groups is 1. The fraction of sp³-hybridized carbons (Fsp3) is 0.278. The molecule has 2 aromatic rings. The van der Waals surface area contributed by atoms with Crippen LogP contribution in [0.3, 0.4) is 0 Å². The second-order valence-electron chi connectivity index (χ2n) is 5.59. The molecule has 128 valence electrons. The molecule has 0 aliphatic heterocycles. The maximum Gasteiger partial charge on any atom is 0.252 e. The van der Waals surface area contributed by atoms with Crippen LogP contribution in [-0.4, -0.2) is 34.2 Å². The lowest BCUT2D eigenvalue weighted by Crippen LogP contribution is -2.27. The minimum Gasteiger partial charge on any atom is -0.496 e. The molecule has 0 fully saturated rings. The van der Waals surface area contributed by atoms with Gasteiger partial charge in [0.05, 0.1) is 17.6 Å². The number of aryl methyl sites for hydroxylation is 1. The average Bonchev–Trinajstić information content (AvgIpc) is 2.54. The van der Waals surface area contributed by atoms with E-state index >= 15 is 0 Å². The van der Waals surface area contributed by atoms with E-state index in [1.807, 2.05) is 25.1 Å². The minimum atomic E-state index is -3.45. The molecule has 0 saturated heterocycles. The van der Waals surface area contributed by atoms with Crippen LogP contribution in [-0.2, 0) is 16.3 Å². The third-order valence-electron chi connectivity index (χ3n) is 3.65. The molecule has 6 heteroatoms. The van der Waals surface area contributed by atoms with Gasteiger partial charge in [-0.15, -0.1) is 0 Å². The normalized spacial score (nSPS) is 11.1. The van der Waals surface area contributed by atoms with Gasteiger partial charge in [-0.25, -0.2) is 8.42 Å². The minimum absolute atomic E-state index is 0.0376. The van der Waals surface area contributed by atoms with Crippen molar-refractivity contribution in [2.24, 2.45) is 0 Å². The third kappa shape index (κ3) is 4.35. The van der Waals surface area contributed by atoms with Crippen LogP contribution in [0.25, 0.3) is 0 Å². The Balaban J connectivity index is 2.09. The molecular formula is C18H21NO4S. The largest absolute Gasteiger partial charge is 0.496 e. The second kappa shape index (κ2) is 7.49. The fourth-order valence-corrected chi connectivity index (χ4v) is 3.37. The number of carbonyl (C=O) groups is 1. The van der Waals surface area contributed by atoms with Gasteiger partial charge in [0.25, 0.3) is 5.91 Å². The molecular weight excluding hydrogens is 326 g/mol. The molecule has 0 bridgehead atoms. The Morgan fingerprint density at radius 2 is 1.88 bits per heavy atom. The number of carbonyl (C=O) groups excluding carboxylic acids is 1. The molecule has 2 rings (SSSR count). The van der Waals surface area contributed by atoms with Gasteiger partial charge in [-0.1, -0.05) is 29.8 Å². The SMILES string of the molecule is COc1ccc(C)cc1CCNC(=O)c1ccccc1S(C)(=O)=O. The summed E-state index contributed by atoms with van der Waals surface area (Å²) in [5.74, 6) is 0.369. The van der Waals surface area contributed by atoms with Crippen molar-refractivity contribution in [3.05, 3.63) is 59.2 Å². The second-order valence-corrected chi connectivity index (χ2v) is 7.57. The number of ether oxygens (including phenoxy) is 1. The number of hydrogen-bond acceptors (Lipinski definition) is 4. The van der Waals surface area contributed by atoms with Gasteiger partial charge in [-0.2, -0.15) is 0 Å². The topological polar surface area (TPSA) is 72.5 Å². The van der Waals surface area contributed by atoms with Crippen LogP contribution in [0.2, 0.25) is 0 Å². The summed E-state index contributed by atoms with van der Waals surface area (Å²) in [6.07, 6.45) is 1.69. The van der Waals surface area contributed by atoms with Gasteiger partial charge in [0.15, 0.2) is 9.84 Å². The Hall–Kier alpha value is -2.34. The molecule has 0 saturated carbocycles. The first-order valence-corrected chi connectivity index (χ1v) is 9.43. The van der Waals surface area contributed by atoms with E-state index in [0.717, 1.165) is 23.1 Å². The molecule has 1 N–H and O–H groups in total. The summed E-state index contributed by atoms with van der Waals surface area (Å²) in [7, 11) is -1.85. The molecule has 0 aliphatic rings. The first-order valence-electron chi connectivity index (χ1n) is 7.53. The lowest BCUT2D eigenvalue weighted by Gasteiger charge is -2.11.